The molecule has 1 atom stereocenters. The number of aromatic nitrogens is 4. The molecule has 2 N–H and O–H groups in total. The molecule has 3 heterocycles. The van der Waals surface area contributed by atoms with Crippen LogP contribution in [-0.2, 0) is 16.6 Å². The zero-order valence-electron chi connectivity index (χ0n) is 30.5. The molecule has 0 radical (unpaired) electrons. The Morgan fingerprint density at radius 3 is 2.29 bits per heavy atom. The van der Waals surface area contributed by atoms with E-state index in [0.29, 0.717) is 50.3 Å². The predicted molar refractivity (Wildman–Crippen MR) is 198 cm³/mol. The van der Waals surface area contributed by atoms with Crippen LogP contribution < -0.4 is 15.2 Å². The number of carbonyl (C=O) groups excluding carboxylic acids is 1. The second-order valence-electron chi connectivity index (χ2n) is 14.9. The molecule has 1 saturated heterocycles. The van der Waals surface area contributed by atoms with Crippen LogP contribution in [0.3, 0.4) is 0 Å². The third kappa shape index (κ3) is 9.37. The van der Waals surface area contributed by atoms with Crippen LogP contribution in [0.1, 0.15) is 87.6 Å². The number of H-pyrrole nitrogens is 1. The Morgan fingerprint density at radius 1 is 1.06 bits per heavy atom. The molecule has 1 aliphatic rings. The van der Waals surface area contributed by atoms with Gasteiger partial charge in [-0.2, -0.15) is 0 Å². The molecule has 1 amide bonds. The molecular formula is C38H48FN7O4S. The maximum atomic E-state index is 14.4. The molecule has 0 unspecified atom stereocenters. The summed E-state index contributed by atoms with van der Waals surface area (Å²) in [6.07, 6.45) is 5.64. The Morgan fingerprint density at radius 2 is 1.69 bits per heavy atom. The number of anilines is 2. The summed E-state index contributed by atoms with van der Waals surface area (Å²) in [5.41, 5.74) is 2.05. The zero-order valence-corrected chi connectivity index (χ0v) is 31.3. The number of piperidine rings is 1. The molecule has 51 heavy (non-hydrogen) atoms. The number of amides is 1. The number of alkyl halides is 1. The van der Waals surface area contributed by atoms with Crippen LogP contribution in [0, 0.1) is 19.3 Å². The molecule has 0 saturated carbocycles. The van der Waals surface area contributed by atoms with Crippen LogP contribution in [0.5, 0.6) is 0 Å². The second kappa shape index (κ2) is 14.9. The Balaban J connectivity index is 1.41. The Kier molecular flexibility index (Phi) is 11.0. The molecule has 11 nitrogen and oxygen atoms in total. The number of hydrogen-bond donors (Lipinski definition) is 2. The van der Waals surface area contributed by atoms with E-state index in [0.717, 1.165) is 22.4 Å². The van der Waals surface area contributed by atoms with E-state index in [2.05, 4.69) is 50.3 Å². The zero-order chi connectivity index (χ0) is 37.1. The number of carbonyl (C=O) groups is 1. The van der Waals surface area contributed by atoms with Gasteiger partial charge in [-0.05, 0) is 81.2 Å². The van der Waals surface area contributed by atoms with Gasteiger partial charge in [0.1, 0.15) is 11.5 Å². The van der Waals surface area contributed by atoms with Gasteiger partial charge in [0.05, 0.1) is 35.2 Å². The molecule has 272 valence electrons. The van der Waals surface area contributed by atoms with Gasteiger partial charge in [0, 0.05) is 36.3 Å². The van der Waals surface area contributed by atoms with Gasteiger partial charge in [-0.3, -0.25) is 14.6 Å². The van der Waals surface area contributed by atoms with Crippen LogP contribution in [0.25, 0.3) is 11.3 Å². The van der Waals surface area contributed by atoms with Crippen molar-refractivity contribution in [2.24, 2.45) is 5.41 Å². The predicted octanol–water partition coefficient (Wildman–Crippen LogP) is 6.83. The van der Waals surface area contributed by atoms with E-state index < -0.39 is 21.3 Å². The number of benzene rings is 2. The van der Waals surface area contributed by atoms with Crippen molar-refractivity contribution in [1.82, 2.24) is 24.8 Å². The number of nitrogens with one attached hydrogen (secondary N) is 2. The van der Waals surface area contributed by atoms with Crippen LogP contribution in [0.15, 0.2) is 70.6 Å². The number of aromatic amines is 1. The molecule has 0 spiro atoms. The van der Waals surface area contributed by atoms with Gasteiger partial charge < -0.3 is 9.80 Å². The van der Waals surface area contributed by atoms with Gasteiger partial charge in [-0.25, -0.2) is 32.5 Å². The maximum Gasteiger partial charge on any atom is 0.264 e. The highest BCUT2D eigenvalue weighted by molar-refractivity contribution is 7.92. The highest BCUT2D eigenvalue weighted by Crippen LogP contribution is 2.30. The molecule has 5 rings (SSSR count). The van der Waals surface area contributed by atoms with Crippen molar-refractivity contribution in [2.75, 3.05) is 22.7 Å². The first-order valence-corrected chi connectivity index (χ1v) is 18.8. The third-order valence-electron chi connectivity index (χ3n) is 9.30. The lowest BCUT2D eigenvalue weighted by Crippen LogP contribution is -2.42. The number of rotatable bonds is 11. The fraction of sp³-hybridized carbons (Fsp3) is 0.447. The molecule has 0 bridgehead atoms. The average Bonchev–Trinajstić information content (AvgIpc) is 3.05. The summed E-state index contributed by atoms with van der Waals surface area (Å²) in [6, 6.07) is 12.6. The van der Waals surface area contributed by atoms with Crippen LogP contribution in [-0.4, -0.2) is 64.0 Å². The average molecular weight is 718 g/mol. The number of hydrogen-bond acceptors (Lipinski definition) is 8. The highest BCUT2D eigenvalue weighted by Gasteiger charge is 2.31. The molecule has 4 aromatic rings. The first-order chi connectivity index (χ1) is 23.9. The summed E-state index contributed by atoms with van der Waals surface area (Å²) >= 11 is 0. The third-order valence-corrected chi connectivity index (χ3v) is 10.6. The number of nitrogens with zero attached hydrogens (tertiary/aromatic N) is 5. The van der Waals surface area contributed by atoms with E-state index in [1.54, 1.807) is 30.3 Å². The molecule has 2 aromatic heterocycles. The molecule has 1 aliphatic heterocycles. The van der Waals surface area contributed by atoms with Gasteiger partial charge in [0.2, 0.25) is 5.95 Å². The van der Waals surface area contributed by atoms with E-state index in [1.807, 2.05) is 39.0 Å². The lowest BCUT2D eigenvalue weighted by Gasteiger charge is -2.36. The summed E-state index contributed by atoms with van der Waals surface area (Å²) < 4.78 is 44.1. The topological polar surface area (TPSA) is 141 Å². The van der Waals surface area contributed by atoms with Gasteiger partial charge in [0.15, 0.2) is 0 Å². The number of sulfonamides is 1. The van der Waals surface area contributed by atoms with E-state index in [4.69, 9.17) is 0 Å². The van der Waals surface area contributed by atoms with Crippen molar-refractivity contribution in [3.63, 3.8) is 0 Å². The first kappa shape index (κ1) is 37.6. The van der Waals surface area contributed by atoms with Gasteiger partial charge in [0.25, 0.3) is 21.5 Å². The lowest BCUT2D eigenvalue weighted by molar-refractivity contribution is 0.0595. The minimum Gasteiger partial charge on any atom is -0.369 e. The van der Waals surface area contributed by atoms with Gasteiger partial charge >= 0.3 is 0 Å². The lowest BCUT2D eigenvalue weighted by atomic mass is 9.86. The minimum atomic E-state index is -4.27. The van der Waals surface area contributed by atoms with Crippen molar-refractivity contribution in [2.45, 2.75) is 97.3 Å². The summed E-state index contributed by atoms with van der Waals surface area (Å²) in [5.74, 6) is -0.160. The molecular weight excluding hydrogens is 670 g/mol. The normalized spacial score (nSPS) is 15.3. The fourth-order valence-electron chi connectivity index (χ4n) is 6.53. The van der Waals surface area contributed by atoms with E-state index in [9.17, 15) is 22.4 Å². The quantitative estimate of drug-likeness (QED) is 0.172. The van der Waals surface area contributed by atoms with Crippen molar-refractivity contribution in [3.8, 4) is 11.3 Å². The molecule has 13 heteroatoms. The Hall–Kier alpha value is -4.65. The number of halogens is 1. The Bertz CT molecular complexity index is 2010. The first-order valence-electron chi connectivity index (χ1n) is 17.3. The van der Waals surface area contributed by atoms with Crippen molar-refractivity contribution < 1.29 is 17.6 Å². The molecule has 0 aliphatic carbocycles. The summed E-state index contributed by atoms with van der Waals surface area (Å²) in [5, 5.41) is 0. The minimum absolute atomic E-state index is 0.104. The molecule has 1 fully saturated rings. The summed E-state index contributed by atoms with van der Waals surface area (Å²) in [6.45, 7) is 15.0. The van der Waals surface area contributed by atoms with E-state index in [-0.39, 0.29) is 40.3 Å². The van der Waals surface area contributed by atoms with Gasteiger partial charge in [-0.15, -0.1) is 0 Å². The van der Waals surface area contributed by atoms with Crippen LogP contribution >= 0.6 is 0 Å². The monoisotopic (exact) mass is 717 g/mol. The maximum absolute atomic E-state index is 14.4. The SMILES string of the molecule is CC[C@@H](CC(C)(C)C)N(Cc1ncc(N2CCC(C)(F)CC2)cn1)C(=O)c1cccc(S(=O)(=O)Nc2nc(-c3c(C)cccc3C)cc(=O)[nH]2)c1. The smallest absolute Gasteiger partial charge is 0.264 e. The fourth-order valence-corrected chi connectivity index (χ4v) is 7.53. The largest absolute Gasteiger partial charge is 0.369 e. The van der Waals surface area contributed by atoms with Gasteiger partial charge in [-0.1, -0.05) is 52.0 Å². The van der Waals surface area contributed by atoms with Crippen molar-refractivity contribution >= 4 is 27.6 Å². The van der Waals surface area contributed by atoms with E-state index >= 15 is 0 Å². The van der Waals surface area contributed by atoms with E-state index in [1.165, 1.54) is 24.3 Å². The number of aryl methyl sites for hydroxylation is 2. The van der Waals surface area contributed by atoms with Crippen molar-refractivity contribution in [1.29, 1.82) is 0 Å². The summed E-state index contributed by atoms with van der Waals surface area (Å²) in [7, 11) is -4.27. The summed E-state index contributed by atoms with van der Waals surface area (Å²) in [4.78, 5) is 46.6. The standard InChI is InChI=1S/C38H48FN7O4S/c1-8-28(21-37(4,5)6)46(24-32-40-22-29(23-41-32)45-17-15-38(7,39)16-18-45)35(48)27-13-10-14-30(19-27)51(49,50)44-36-42-31(20-33(47)43-36)34-25(2)11-9-12-26(34)3/h9-14,19-20,22-23,28H,8,15-18,21,24H2,1-7H3,(H2,42,43,44,47)/t28-/m0/s1. The second-order valence-corrected chi connectivity index (χ2v) is 16.6. The van der Waals surface area contributed by atoms with Crippen LogP contribution in [0.2, 0.25) is 0 Å². The highest BCUT2D eigenvalue weighted by atomic mass is 32.2. The van der Waals surface area contributed by atoms with Crippen molar-refractivity contribution in [3.05, 3.63) is 93.8 Å². The molecule has 2 aromatic carbocycles. The van der Waals surface area contributed by atoms with Crippen LogP contribution in [0.4, 0.5) is 16.0 Å². The Labute approximate surface area is 299 Å².